The number of benzene rings is 1. The number of nitrogens with zero attached hydrogens (tertiary/aromatic N) is 1. The Hall–Kier alpha value is -2.31. The number of nitrogens with one attached hydrogen (secondary N) is 3. The van der Waals surface area contributed by atoms with Crippen molar-refractivity contribution in [2.75, 3.05) is 46.4 Å². The molecule has 1 aromatic rings. The van der Waals surface area contributed by atoms with E-state index < -0.39 is 0 Å². The van der Waals surface area contributed by atoms with Crippen LogP contribution in [-0.4, -0.2) is 52.3 Å². The van der Waals surface area contributed by atoms with Gasteiger partial charge in [0.05, 0.1) is 19.8 Å². The first-order valence-corrected chi connectivity index (χ1v) is 10.2. The van der Waals surface area contributed by atoms with E-state index in [0.29, 0.717) is 19.1 Å². The van der Waals surface area contributed by atoms with Gasteiger partial charge in [-0.05, 0) is 43.3 Å². The molecule has 1 aliphatic carbocycles. The van der Waals surface area contributed by atoms with E-state index in [1.807, 2.05) is 19.2 Å². The fourth-order valence-corrected chi connectivity index (χ4v) is 3.16. The van der Waals surface area contributed by atoms with Crippen LogP contribution >= 0.6 is 0 Å². The molecular formula is C22H32N4O2. The second-order valence-corrected chi connectivity index (χ2v) is 6.98. The number of hydrogen-bond acceptors (Lipinski definition) is 6. The lowest BCUT2D eigenvalue weighted by Crippen LogP contribution is -2.26. The van der Waals surface area contributed by atoms with Crippen LogP contribution < -0.4 is 20.7 Å². The fourth-order valence-electron chi connectivity index (χ4n) is 3.16. The molecule has 0 radical (unpaired) electrons. The third-order valence-corrected chi connectivity index (χ3v) is 4.75. The van der Waals surface area contributed by atoms with Crippen molar-refractivity contribution < 1.29 is 9.47 Å². The van der Waals surface area contributed by atoms with Crippen LogP contribution in [0.1, 0.15) is 18.4 Å². The van der Waals surface area contributed by atoms with E-state index in [-0.39, 0.29) is 0 Å². The molecular weight excluding hydrogens is 352 g/mol. The Kier molecular flexibility index (Phi) is 8.40. The molecule has 3 N–H and O–H groups in total. The maximum atomic E-state index is 5.84. The Morgan fingerprint density at radius 2 is 2.00 bits per heavy atom. The van der Waals surface area contributed by atoms with Crippen molar-refractivity contribution in [1.29, 1.82) is 0 Å². The average molecular weight is 385 g/mol. The highest BCUT2D eigenvalue weighted by Crippen LogP contribution is 2.19. The molecule has 0 fully saturated rings. The number of allylic oxidation sites excluding steroid dienone is 2. The Balaban J connectivity index is 1.26. The number of rotatable bonds is 12. The first-order chi connectivity index (χ1) is 13.8. The lowest BCUT2D eigenvalue weighted by Gasteiger charge is -2.17. The van der Waals surface area contributed by atoms with Gasteiger partial charge < -0.3 is 25.4 Å². The van der Waals surface area contributed by atoms with Gasteiger partial charge in [0.2, 0.25) is 0 Å². The molecule has 0 saturated carbocycles. The molecule has 1 heterocycles. The zero-order chi connectivity index (χ0) is 19.4. The van der Waals surface area contributed by atoms with E-state index in [2.05, 4.69) is 51.3 Å². The lowest BCUT2D eigenvalue weighted by atomic mass is 9.99. The van der Waals surface area contributed by atoms with Crippen LogP contribution in [0.5, 0.6) is 5.75 Å². The summed E-state index contributed by atoms with van der Waals surface area (Å²) in [4.78, 5) is 4.49. The van der Waals surface area contributed by atoms with Crippen molar-refractivity contribution in [1.82, 2.24) is 16.0 Å². The SMILES string of the molecule is CNCCNCc1ccc(OCCCOC2=CCC(C3=NCCN3)C=C2)cc1. The summed E-state index contributed by atoms with van der Waals surface area (Å²) in [6.45, 7) is 5.98. The second-order valence-electron chi connectivity index (χ2n) is 6.98. The number of ether oxygens (including phenoxy) is 2. The van der Waals surface area contributed by atoms with Gasteiger partial charge in [-0.1, -0.05) is 18.2 Å². The predicted molar refractivity (Wildman–Crippen MR) is 114 cm³/mol. The predicted octanol–water partition coefficient (Wildman–Crippen LogP) is 2.24. The summed E-state index contributed by atoms with van der Waals surface area (Å²) in [6.07, 6.45) is 8.19. The summed E-state index contributed by atoms with van der Waals surface area (Å²) in [7, 11) is 1.96. The quantitative estimate of drug-likeness (QED) is 0.482. The molecule has 3 rings (SSSR count). The normalized spacial score (nSPS) is 18.4. The molecule has 1 atom stereocenters. The molecule has 0 spiro atoms. The molecule has 1 aromatic carbocycles. The van der Waals surface area contributed by atoms with Crippen LogP contribution in [-0.2, 0) is 11.3 Å². The first-order valence-electron chi connectivity index (χ1n) is 10.2. The van der Waals surface area contributed by atoms with Crippen molar-refractivity contribution in [3.05, 3.63) is 53.8 Å². The fraction of sp³-hybridized carbons (Fsp3) is 0.500. The molecule has 152 valence electrons. The number of hydrogen-bond donors (Lipinski definition) is 3. The highest BCUT2D eigenvalue weighted by atomic mass is 16.5. The van der Waals surface area contributed by atoms with Gasteiger partial charge in [0.1, 0.15) is 17.3 Å². The van der Waals surface area contributed by atoms with Crippen molar-refractivity contribution in [3.63, 3.8) is 0 Å². The zero-order valence-electron chi connectivity index (χ0n) is 16.7. The molecule has 2 aliphatic rings. The van der Waals surface area contributed by atoms with Crippen LogP contribution in [0.3, 0.4) is 0 Å². The van der Waals surface area contributed by atoms with E-state index in [9.17, 15) is 0 Å². The summed E-state index contributed by atoms with van der Waals surface area (Å²) in [6, 6.07) is 8.27. The monoisotopic (exact) mass is 384 g/mol. The largest absolute Gasteiger partial charge is 0.494 e. The van der Waals surface area contributed by atoms with Gasteiger partial charge in [0, 0.05) is 38.5 Å². The lowest BCUT2D eigenvalue weighted by molar-refractivity contribution is 0.190. The number of likely N-dealkylation sites (N-methyl/N-ethyl adjacent to an activating group) is 1. The third kappa shape index (κ3) is 6.69. The smallest absolute Gasteiger partial charge is 0.119 e. The molecule has 1 unspecified atom stereocenters. The molecule has 1 aliphatic heterocycles. The van der Waals surface area contributed by atoms with Gasteiger partial charge in [-0.3, -0.25) is 4.99 Å². The molecule has 0 bridgehead atoms. The van der Waals surface area contributed by atoms with Gasteiger partial charge in [-0.2, -0.15) is 0 Å². The zero-order valence-corrected chi connectivity index (χ0v) is 16.7. The van der Waals surface area contributed by atoms with E-state index in [1.54, 1.807) is 0 Å². The molecule has 0 aromatic heterocycles. The summed E-state index contributed by atoms with van der Waals surface area (Å²) in [5, 5.41) is 9.86. The highest BCUT2D eigenvalue weighted by molar-refractivity contribution is 5.87. The van der Waals surface area contributed by atoms with Gasteiger partial charge >= 0.3 is 0 Å². The molecule has 0 amide bonds. The number of aliphatic imine (C=N–C) groups is 1. The summed E-state index contributed by atoms with van der Waals surface area (Å²) in [5.41, 5.74) is 1.26. The van der Waals surface area contributed by atoms with E-state index in [0.717, 1.165) is 62.9 Å². The van der Waals surface area contributed by atoms with E-state index in [1.165, 1.54) is 5.56 Å². The Morgan fingerprint density at radius 3 is 2.71 bits per heavy atom. The third-order valence-electron chi connectivity index (χ3n) is 4.75. The Morgan fingerprint density at radius 1 is 1.14 bits per heavy atom. The van der Waals surface area contributed by atoms with Crippen molar-refractivity contribution in [2.24, 2.45) is 10.9 Å². The van der Waals surface area contributed by atoms with Gasteiger partial charge in [-0.25, -0.2) is 0 Å². The Bertz CT molecular complexity index is 682. The van der Waals surface area contributed by atoms with Crippen LogP contribution in [0.15, 0.2) is 53.2 Å². The van der Waals surface area contributed by atoms with Gasteiger partial charge in [-0.15, -0.1) is 0 Å². The Labute approximate surface area is 168 Å². The van der Waals surface area contributed by atoms with Crippen molar-refractivity contribution in [3.8, 4) is 5.75 Å². The average Bonchev–Trinajstić information content (AvgIpc) is 3.27. The second kappa shape index (κ2) is 11.5. The van der Waals surface area contributed by atoms with Crippen molar-refractivity contribution in [2.45, 2.75) is 19.4 Å². The minimum absolute atomic E-state index is 0.375. The number of amidine groups is 1. The van der Waals surface area contributed by atoms with E-state index in [4.69, 9.17) is 9.47 Å². The topological polar surface area (TPSA) is 66.9 Å². The molecule has 28 heavy (non-hydrogen) atoms. The van der Waals surface area contributed by atoms with Gasteiger partial charge in [0.25, 0.3) is 0 Å². The molecule has 0 saturated heterocycles. The summed E-state index contributed by atoms with van der Waals surface area (Å²) in [5.74, 6) is 3.34. The highest BCUT2D eigenvalue weighted by Gasteiger charge is 2.17. The minimum Gasteiger partial charge on any atom is -0.494 e. The summed E-state index contributed by atoms with van der Waals surface area (Å²) >= 11 is 0. The van der Waals surface area contributed by atoms with Crippen LogP contribution in [0.4, 0.5) is 0 Å². The molecule has 6 nitrogen and oxygen atoms in total. The van der Waals surface area contributed by atoms with Crippen molar-refractivity contribution >= 4 is 5.84 Å². The van der Waals surface area contributed by atoms with E-state index >= 15 is 0 Å². The molecule has 6 heteroatoms. The maximum Gasteiger partial charge on any atom is 0.119 e. The first kappa shape index (κ1) is 20.4. The summed E-state index contributed by atoms with van der Waals surface area (Å²) < 4.78 is 11.6. The van der Waals surface area contributed by atoms with Crippen LogP contribution in [0, 0.1) is 5.92 Å². The van der Waals surface area contributed by atoms with Crippen LogP contribution in [0.2, 0.25) is 0 Å². The standard InChI is InChI=1S/C22H32N4O2/c1-23-11-12-24-17-18-3-7-20(8-4-18)27-15-2-16-28-21-9-5-19(6-10-21)22-25-13-14-26-22/h3-5,7-10,19,23-24H,2,6,11-17H2,1H3,(H,25,26). The van der Waals surface area contributed by atoms with Gasteiger partial charge in [0.15, 0.2) is 0 Å². The minimum atomic E-state index is 0.375. The maximum absolute atomic E-state index is 5.84. The van der Waals surface area contributed by atoms with Crippen LogP contribution in [0.25, 0.3) is 0 Å².